The predicted molar refractivity (Wildman–Crippen MR) is 122 cm³/mol. The molecule has 5 rings (SSSR count). The van der Waals surface area contributed by atoms with E-state index in [-0.39, 0.29) is 28.9 Å². The number of halogens is 1. The predicted octanol–water partition coefficient (Wildman–Crippen LogP) is 5.55. The number of carbonyl (C=O) groups is 1. The second-order valence-corrected chi connectivity index (χ2v) is 9.53. The van der Waals surface area contributed by atoms with Gasteiger partial charge >= 0.3 is 0 Å². The number of ketones is 1. The third kappa shape index (κ3) is 3.34. The van der Waals surface area contributed by atoms with Crippen LogP contribution in [0.2, 0.25) is 0 Å². The number of hydrogen-bond donors (Lipinski definition) is 0. The van der Waals surface area contributed by atoms with Gasteiger partial charge in [-0.25, -0.2) is 14.1 Å². The van der Waals surface area contributed by atoms with Crippen LogP contribution in [0, 0.1) is 24.1 Å². The molecule has 6 heteroatoms. The van der Waals surface area contributed by atoms with E-state index < -0.39 is 0 Å². The van der Waals surface area contributed by atoms with Gasteiger partial charge in [0.05, 0.1) is 24.4 Å². The summed E-state index contributed by atoms with van der Waals surface area (Å²) in [6.07, 6.45) is 1.28. The maximum absolute atomic E-state index is 13.5. The minimum absolute atomic E-state index is 0.135. The van der Waals surface area contributed by atoms with Crippen LogP contribution in [0.15, 0.2) is 53.5 Å². The molecule has 2 atom stereocenters. The van der Waals surface area contributed by atoms with Crippen LogP contribution in [-0.2, 0) is 4.79 Å². The Kier molecular flexibility index (Phi) is 4.77. The van der Waals surface area contributed by atoms with E-state index in [4.69, 9.17) is 14.8 Å². The second kappa shape index (κ2) is 7.40. The third-order valence-corrected chi connectivity index (χ3v) is 6.54. The zero-order valence-electron chi connectivity index (χ0n) is 18.7. The molecule has 0 saturated heterocycles. The number of Topliss-reactive ketones (excluding diaryl/α,β-unsaturated/α-hetero) is 1. The van der Waals surface area contributed by atoms with Gasteiger partial charge in [-0.15, -0.1) is 0 Å². The molecule has 0 N–H and O–H groups in total. The molecule has 0 bridgehead atoms. The van der Waals surface area contributed by atoms with Crippen molar-refractivity contribution in [3.8, 4) is 11.4 Å². The number of aryl methyl sites for hydroxylation is 1. The van der Waals surface area contributed by atoms with Crippen LogP contribution in [-0.4, -0.2) is 28.4 Å². The Labute approximate surface area is 186 Å². The molecule has 1 aromatic heterocycles. The Bertz CT molecular complexity index is 1220. The van der Waals surface area contributed by atoms with Gasteiger partial charge in [0.1, 0.15) is 17.3 Å². The summed E-state index contributed by atoms with van der Waals surface area (Å²) in [5.74, 6) is 0.962. The molecule has 0 radical (unpaired) electrons. The van der Waals surface area contributed by atoms with Crippen molar-refractivity contribution in [1.29, 1.82) is 0 Å². The zero-order valence-corrected chi connectivity index (χ0v) is 18.7. The average molecular weight is 432 g/mol. The lowest BCUT2D eigenvalue weighted by Gasteiger charge is -2.40. The van der Waals surface area contributed by atoms with Crippen molar-refractivity contribution in [3.05, 3.63) is 71.2 Å². The van der Waals surface area contributed by atoms with E-state index >= 15 is 0 Å². The molecule has 1 fully saturated rings. The summed E-state index contributed by atoms with van der Waals surface area (Å²) >= 11 is 0. The standard InChI is InChI=1S/C26H26FN3O2/c1-15-22-23(16-5-11-19(32-4)12-6-16)24-20(13-26(2,3)14-21(24)31)28-25(22)30(29-15)18-9-7-17(27)8-10-18/h5-12,23-24H,13-14H2,1-4H3. The first kappa shape index (κ1) is 20.6. The lowest BCUT2D eigenvalue weighted by atomic mass is 9.64. The highest BCUT2D eigenvalue weighted by Gasteiger charge is 2.47. The Morgan fingerprint density at radius 3 is 2.38 bits per heavy atom. The maximum Gasteiger partial charge on any atom is 0.159 e. The molecule has 2 aromatic carbocycles. The lowest BCUT2D eigenvalue weighted by molar-refractivity contribution is -0.124. The number of benzene rings is 2. The van der Waals surface area contributed by atoms with Gasteiger partial charge < -0.3 is 4.74 Å². The van der Waals surface area contributed by atoms with Crippen LogP contribution in [0.5, 0.6) is 5.75 Å². The number of methoxy groups -OCH3 is 1. The van der Waals surface area contributed by atoms with Gasteiger partial charge in [-0.3, -0.25) is 4.79 Å². The van der Waals surface area contributed by atoms with Gasteiger partial charge in [-0.1, -0.05) is 26.0 Å². The SMILES string of the molecule is COc1ccc(C2c3c(C)nn(-c4ccc(F)cc4)c3N=C3CC(C)(C)CC(=O)C32)cc1. The van der Waals surface area contributed by atoms with Gasteiger partial charge in [-0.2, -0.15) is 5.10 Å². The lowest BCUT2D eigenvalue weighted by Crippen LogP contribution is -2.42. The highest BCUT2D eigenvalue weighted by molar-refractivity contribution is 6.11. The van der Waals surface area contributed by atoms with Crippen molar-refractivity contribution in [3.63, 3.8) is 0 Å². The van der Waals surface area contributed by atoms with E-state index in [9.17, 15) is 9.18 Å². The molecular formula is C26H26FN3O2. The van der Waals surface area contributed by atoms with Gasteiger partial charge in [0.15, 0.2) is 5.82 Å². The van der Waals surface area contributed by atoms with Crippen molar-refractivity contribution in [2.75, 3.05) is 7.11 Å². The van der Waals surface area contributed by atoms with E-state index in [2.05, 4.69) is 13.8 Å². The van der Waals surface area contributed by atoms with Crippen molar-refractivity contribution in [1.82, 2.24) is 9.78 Å². The maximum atomic E-state index is 13.5. The van der Waals surface area contributed by atoms with E-state index in [1.165, 1.54) is 12.1 Å². The Hall–Kier alpha value is -3.28. The first-order valence-electron chi connectivity index (χ1n) is 10.9. The van der Waals surface area contributed by atoms with E-state index in [1.807, 2.05) is 31.2 Å². The summed E-state index contributed by atoms with van der Waals surface area (Å²) in [6, 6.07) is 14.2. The molecule has 2 aliphatic rings. The number of nitrogens with zero attached hydrogens (tertiary/aromatic N) is 3. The normalized spacial score (nSPS) is 21.5. The highest BCUT2D eigenvalue weighted by atomic mass is 19.1. The van der Waals surface area contributed by atoms with Crippen molar-refractivity contribution >= 4 is 17.3 Å². The fourth-order valence-corrected chi connectivity index (χ4v) is 5.15. The zero-order chi connectivity index (χ0) is 22.6. The van der Waals surface area contributed by atoms with Crippen molar-refractivity contribution < 1.29 is 13.9 Å². The molecule has 2 unspecified atom stereocenters. The van der Waals surface area contributed by atoms with Gasteiger partial charge in [0.2, 0.25) is 0 Å². The number of aromatic nitrogens is 2. The summed E-state index contributed by atoms with van der Waals surface area (Å²) in [4.78, 5) is 18.4. The molecule has 0 spiro atoms. The van der Waals surface area contributed by atoms with Crippen LogP contribution < -0.4 is 4.74 Å². The number of aliphatic imine (C=N–C) groups is 1. The van der Waals surface area contributed by atoms with Crippen molar-refractivity contribution in [2.24, 2.45) is 16.3 Å². The number of ether oxygens (including phenoxy) is 1. The molecule has 164 valence electrons. The fourth-order valence-electron chi connectivity index (χ4n) is 5.15. The van der Waals surface area contributed by atoms with Crippen LogP contribution in [0.3, 0.4) is 0 Å². The number of hydrogen-bond acceptors (Lipinski definition) is 4. The van der Waals surface area contributed by atoms with Gasteiger partial charge in [-0.05, 0) is 60.7 Å². The van der Waals surface area contributed by atoms with E-state index in [1.54, 1.807) is 23.9 Å². The number of rotatable bonds is 3. The summed E-state index contributed by atoms with van der Waals surface area (Å²) < 4.78 is 20.6. The average Bonchev–Trinajstić information content (AvgIpc) is 3.08. The quantitative estimate of drug-likeness (QED) is 0.546. The molecular weight excluding hydrogens is 405 g/mol. The summed E-state index contributed by atoms with van der Waals surface area (Å²) in [5.41, 5.74) is 4.34. The molecule has 1 saturated carbocycles. The van der Waals surface area contributed by atoms with Crippen LogP contribution >= 0.6 is 0 Å². The molecule has 1 aliphatic carbocycles. The van der Waals surface area contributed by atoms with Gasteiger partial charge in [0, 0.05) is 23.6 Å². The number of fused-ring (bicyclic) bond motifs is 2. The largest absolute Gasteiger partial charge is 0.497 e. The molecule has 5 nitrogen and oxygen atoms in total. The molecule has 32 heavy (non-hydrogen) atoms. The monoisotopic (exact) mass is 431 g/mol. The van der Waals surface area contributed by atoms with E-state index in [0.717, 1.165) is 46.2 Å². The van der Waals surface area contributed by atoms with Gasteiger partial charge in [0.25, 0.3) is 0 Å². The van der Waals surface area contributed by atoms with E-state index in [0.29, 0.717) is 6.42 Å². The minimum Gasteiger partial charge on any atom is -0.497 e. The third-order valence-electron chi connectivity index (χ3n) is 6.54. The summed E-state index contributed by atoms with van der Waals surface area (Å²) in [7, 11) is 1.64. The molecule has 2 heterocycles. The molecule has 1 aliphatic heterocycles. The summed E-state index contributed by atoms with van der Waals surface area (Å²) in [6.45, 7) is 6.18. The first-order chi connectivity index (χ1) is 15.3. The Morgan fingerprint density at radius 1 is 1.03 bits per heavy atom. The number of carbonyl (C=O) groups excluding carboxylic acids is 1. The Morgan fingerprint density at radius 2 is 1.72 bits per heavy atom. The molecule has 3 aromatic rings. The first-order valence-corrected chi connectivity index (χ1v) is 10.9. The van der Waals surface area contributed by atoms with Crippen molar-refractivity contribution in [2.45, 2.75) is 39.5 Å². The Balaban J connectivity index is 1.73. The molecule has 0 amide bonds. The minimum atomic E-state index is -0.298. The van der Waals surface area contributed by atoms with Crippen LogP contribution in [0.25, 0.3) is 5.69 Å². The fraction of sp³-hybridized carbons (Fsp3) is 0.346. The van der Waals surface area contributed by atoms with Crippen LogP contribution in [0.1, 0.15) is 49.4 Å². The topological polar surface area (TPSA) is 56.5 Å². The summed E-state index contributed by atoms with van der Waals surface area (Å²) in [5, 5.41) is 4.77. The smallest absolute Gasteiger partial charge is 0.159 e. The van der Waals surface area contributed by atoms with Crippen LogP contribution in [0.4, 0.5) is 10.2 Å². The highest BCUT2D eigenvalue weighted by Crippen LogP contribution is 2.50. The second-order valence-electron chi connectivity index (χ2n) is 9.53.